The third kappa shape index (κ3) is 2.44. The van der Waals surface area contributed by atoms with Crippen molar-refractivity contribution in [1.29, 1.82) is 0 Å². The van der Waals surface area contributed by atoms with Gasteiger partial charge in [-0.15, -0.1) is 0 Å². The van der Waals surface area contributed by atoms with Crippen LogP contribution in [-0.4, -0.2) is 37.2 Å². The molecule has 13 heavy (non-hydrogen) atoms. The van der Waals surface area contributed by atoms with Gasteiger partial charge in [-0.3, -0.25) is 4.90 Å². The SMILES string of the molecule is CC.CC1CC2COCC(C1)N2C. The van der Waals surface area contributed by atoms with Crippen LogP contribution in [-0.2, 0) is 4.74 Å². The monoisotopic (exact) mass is 185 g/mol. The van der Waals surface area contributed by atoms with Crippen LogP contribution in [0.5, 0.6) is 0 Å². The minimum absolute atomic E-state index is 0.706. The Labute approximate surface area is 82.3 Å². The second-order valence-corrected chi connectivity index (χ2v) is 4.09. The molecule has 2 rings (SSSR count). The lowest BCUT2D eigenvalue weighted by Gasteiger charge is -2.45. The predicted molar refractivity (Wildman–Crippen MR) is 55.9 cm³/mol. The highest BCUT2D eigenvalue weighted by Crippen LogP contribution is 2.29. The molecular formula is C11H23NO. The highest BCUT2D eigenvalue weighted by Gasteiger charge is 2.34. The number of piperidine rings is 1. The molecule has 0 aliphatic carbocycles. The standard InChI is InChI=1S/C9H17NO.C2H6/c1-7-3-8-5-11-6-9(4-7)10(8)2;1-2/h7-9H,3-6H2,1-2H3;1-2H3. The molecule has 2 atom stereocenters. The van der Waals surface area contributed by atoms with Gasteiger partial charge in [-0.2, -0.15) is 0 Å². The smallest absolute Gasteiger partial charge is 0.0622 e. The molecule has 0 radical (unpaired) electrons. The molecule has 0 aromatic carbocycles. The molecule has 2 nitrogen and oxygen atoms in total. The topological polar surface area (TPSA) is 12.5 Å². The predicted octanol–water partition coefficient (Wildman–Crippen LogP) is 2.14. The summed E-state index contributed by atoms with van der Waals surface area (Å²) in [7, 11) is 2.24. The lowest BCUT2D eigenvalue weighted by Crippen LogP contribution is -2.54. The summed E-state index contributed by atoms with van der Waals surface area (Å²) in [5.41, 5.74) is 0. The molecule has 2 aliphatic heterocycles. The van der Waals surface area contributed by atoms with Crippen LogP contribution < -0.4 is 0 Å². The van der Waals surface area contributed by atoms with Crippen molar-refractivity contribution in [3.8, 4) is 0 Å². The van der Waals surface area contributed by atoms with Gasteiger partial charge >= 0.3 is 0 Å². The van der Waals surface area contributed by atoms with Crippen molar-refractivity contribution < 1.29 is 4.74 Å². The molecule has 0 N–H and O–H groups in total. The molecule has 2 saturated heterocycles. The molecule has 0 aromatic heterocycles. The molecule has 0 saturated carbocycles. The fourth-order valence-electron chi connectivity index (χ4n) is 2.37. The lowest BCUT2D eigenvalue weighted by molar-refractivity contribution is -0.0724. The summed E-state index contributed by atoms with van der Waals surface area (Å²) < 4.78 is 5.51. The van der Waals surface area contributed by atoms with E-state index in [1.165, 1.54) is 12.8 Å². The number of likely N-dealkylation sites (N-methyl/N-ethyl adjacent to an activating group) is 1. The quantitative estimate of drug-likeness (QED) is 0.573. The maximum absolute atomic E-state index is 5.51. The molecule has 2 unspecified atom stereocenters. The Morgan fingerprint density at radius 2 is 1.54 bits per heavy atom. The van der Waals surface area contributed by atoms with Crippen molar-refractivity contribution in [2.75, 3.05) is 20.3 Å². The maximum Gasteiger partial charge on any atom is 0.0622 e. The summed E-state index contributed by atoms with van der Waals surface area (Å²) in [6.07, 6.45) is 2.65. The van der Waals surface area contributed by atoms with E-state index < -0.39 is 0 Å². The Bertz CT molecular complexity index is 135. The van der Waals surface area contributed by atoms with E-state index in [4.69, 9.17) is 4.74 Å². The molecule has 2 aliphatic rings. The molecule has 2 fully saturated rings. The van der Waals surface area contributed by atoms with Crippen molar-refractivity contribution in [1.82, 2.24) is 4.90 Å². The van der Waals surface area contributed by atoms with E-state index in [1.807, 2.05) is 13.8 Å². The van der Waals surface area contributed by atoms with Gasteiger partial charge in [0.15, 0.2) is 0 Å². The van der Waals surface area contributed by atoms with Gasteiger partial charge < -0.3 is 4.74 Å². The third-order valence-corrected chi connectivity index (χ3v) is 3.12. The number of ether oxygens (including phenoxy) is 1. The van der Waals surface area contributed by atoms with Crippen molar-refractivity contribution in [3.63, 3.8) is 0 Å². The maximum atomic E-state index is 5.51. The number of nitrogens with zero attached hydrogens (tertiary/aromatic N) is 1. The summed E-state index contributed by atoms with van der Waals surface area (Å²) in [5, 5.41) is 0. The van der Waals surface area contributed by atoms with Crippen LogP contribution in [0.1, 0.15) is 33.6 Å². The van der Waals surface area contributed by atoms with Gasteiger partial charge in [-0.25, -0.2) is 0 Å². The van der Waals surface area contributed by atoms with E-state index in [-0.39, 0.29) is 0 Å². The average Bonchev–Trinajstić information content (AvgIpc) is 2.11. The molecule has 2 heteroatoms. The van der Waals surface area contributed by atoms with Crippen LogP contribution >= 0.6 is 0 Å². The minimum Gasteiger partial charge on any atom is -0.378 e. The molecule has 2 bridgehead atoms. The largest absolute Gasteiger partial charge is 0.378 e. The highest BCUT2D eigenvalue weighted by molar-refractivity contribution is 4.88. The van der Waals surface area contributed by atoms with Gasteiger partial charge in [0.2, 0.25) is 0 Å². The lowest BCUT2D eigenvalue weighted by atomic mass is 9.87. The van der Waals surface area contributed by atoms with Crippen LogP contribution in [0, 0.1) is 5.92 Å². The first-order valence-electron chi connectivity index (χ1n) is 5.57. The van der Waals surface area contributed by atoms with E-state index in [0.29, 0.717) is 12.1 Å². The van der Waals surface area contributed by atoms with Crippen LogP contribution in [0.15, 0.2) is 0 Å². The second-order valence-electron chi connectivity index (χ2n) is 4.09. The van der Waals surface area contributed by atoms with Gasteiger partial charge in [0, 0.05) is 12.1 Å². The number of fused-ring (bicyclic) bond motifs is 2. The normalized spacial score (nSPS) is 39.2. The summed E-state index contributed by atoms with van der Waals surface area (Å²) in [4.78, 5) is 2.50. The van der Waals surface area contributed by atoms with Gasteiger partial charge in [-0.05, 0) is 25.8 Å². The van der Waals surface area contributed by atoms with Gasteiger partial charge in [0.25, 0.3) is 0 Å². The van der Waals surface area contributed by atoms with Crippen molar-refractivity contribution in [2.45, 2.75) is 45.7 Å². The average molecular weight is 185 g/mol. The van der Waals surface area contributed by atoms with E-state index in [1.54, 1.807) is 0 Å². The Kier molecular flexibility index (Phi) is 4.20. The molecule has 0 spiro atoms. The zero-order valence-corrected chi connectivity index (χ0v) is 9.42. The summed E-state index contributed by atoms with van der Waals surface area (Å²) in [6, 6.07) is 1.41. The minimum atomic E-state index is 0.706. The van der Waals surface area contributed by atoms with Gasteiger partial charge in [-0.1, -0.05) is 20.8 Å². The Hall–Kier alpha value is -0.0800. The first kappa shape index (κ1) is 11.0. The van der Waals surface area contributed by atoms with Crippen LogP contribution in [0.25, 0.3) is 0 Å². The van der Waals surface area contributed by atoms with Crippen LogP contribution in [0.4, 0.5) is 0 Å². The first-order valence-corrected chi connectivity index (χ1v) is 5.57. The highest BCUT2D eigenvalue weighted by atomic mass is 16.5. The van der Waals surface area contributed by atoms with E-state index >= 15 is 0 Å². The number of hydrogen-bond acceptors (Lipinski definition) is 2. The summed E-state index contributed by atoms with van der Waals surface area (Å²) in [5.74, 6) is 0.907. The van der Waals surface area contributed by atoms with Crippen molar-refractivity contribution in [2.24, 2.45) is 5.92 Å². The number of morpholine rings is 1. The Morgan fingerprint density at radius 3 is 2.00 bits per heavy atom. The van der Waals surface area contributed by atoms with Crippen molar-refractivity contribution in [3.05, 3.63) is 0 Å². The van der Waals surface area contributed by atoms with E-state index in [2.05, 4.69) is 18.9 Å². The zero-order valence-electron chi connectivity index (χ0n) is 9.42. The third-order valence-electron chi connectivity index (χ3n) is 3.12. The summed E-state index contributed by atoms with van der Waals surface area (Å²) in [6.45, 7) is 8.27. The first-order chi connectivity index (χ1) is 6.27. The van der Waals surface area contributed by atoms with Crippen LogP contribution in [0.3, 0.4) is 0 Å². The zero-order chi connectivity index (χ0) is 9.84. The van der Waals surface area contributed by atoms with Crippen LogP contribution in [0.2, 0.25) is 0 Å². The van der Waals surface area contributed by atoms with Gasteiger partial charge in [0.05, 0.1) is 13.2 Å². The summed E-state index contributed by atoms with van der Waals surface area (Å²) >= 11 is 0. The Balaban J connectivity index is 0.000000396. The van der Waals surface area contributed by atoms with E-state index in [9.17, 15) is 0 Å². The molecule has 2 heterocycles. The van der Waals surface area contributed by atoms with E-state index in [0.717, 1.165) is 19.1 Å². The Morgan fingerprint density at radius 1 is 1.08 bits per heavy atom. The molecule has 0 aromatic rings. The second kappa shape index (κ2) is 4.97. The molecule has 0 amide bonds. The fraction of sp³-hybridized carbons (Fsp3) is 1.00. The van der Waals surface area contributed by atoms with Crippen molar-refractivity contribution >= 4 is 0 Å². The molecular weight excluding hydrogens is 162 g/mol. The number of rotatable bonds is 0. The number of hydrogen-bond donors (Lipinski definition) is 0. The fourth-order valence-corrected chi connectivity index (χ4v) is 2.37. The van der Waals surface area contributed by atoms with Gasteiger partial charge in [0.1, 0.15) is 0 Å². The molecule has 78 valence electrons.